The summed E-state index contributed by atoms with van der Waals surface area (Å²) in [4.78, 5) is 87.5. The molecule has 2 aromatic rings. The second-order valence-electron chi connectivity index (χ2n) is 13.0. The summed E-state index contributed by atoms with van der Waals surface area (Å²) in [6.07, 6.45) is 3.33. The number of aldehydes is 1. The minimum absolute atomic E-state index is 0.00583. The van der Waals surface area contributed by atoms with Crippen molar-refractivity contribution in [2.45, 2.75) is 90.4 Å². The Hall–Kier alpha value is -5.35. The molecule has 310 valence electrons. The lowest BCUT2D eigenvalue weighted by Crippen LogP contribution is -2.55. The van der Waals surface area contributed by atoms with E-state index in [0.717, 1.165) is 19.4 Å². The van der Waals surface area contributed by atoms with E-state index in [1.807, 2.05) is 50.1 Å². The van der Waals surface area contributed by atoms with Gasteiger partial charge in [-0.25, -0.2) is 4.79 Å². The number of likely N-dealkylation sites (tertiary alicyclic amines) is 2. The molecule has 0 aliphatic carbocycles. The minimum atomic E-state index is -0.966. The summed E-state index contributed by atoms with van der Waals surface area (Å²) in [7, 11) is 3.32. The Kier molecular flexibility index (Phi) is 23.7. The molecule has 2 saturated heterocycles. The molecule has 2 aliphatic heterocycles. The van der Waals surface area contributed by atoms with Gasteiger partial charge in [0, 0.05) is 25.9 Å². The van der Waals surface area contributed by atoms with Crippen molar-refractivity contribution in [3.63, 3.8) is 0 Å². The maximum absolute atomic E-state index is 13.1. The van der Waals surface area contributed by atoms with E-state index in [2.05, 4.69) is 35.0 Å². The third-order valence-corrected chi connectivity index (χ3v) is 8.70. The molecule has 56 heavy (non-hydrogen) atoms. The average molecular weight is 784 g/mol. The molecule has 4 atom stereocenters. The molecular formula is C40H61N7O9. The number of ether oxygens (including phenoxy) is 1. The van der Waals surface area contributed by atoms with E-state index < -0.39 is 41.9 Å². The molecule has 0 spiro atoms. The zero-order valence-electron chi connectivity index (χ0n) is 33.6. The van der Waals surface area contributed by atoms with Gasteiger partial charge in [0.1, 0.15) is 31.0 Å². The second kappa shape index (κ2) is 27.3. The van der Waals surface area contributed by atoms with Gasteiger partial charge >= 0.3 is 12.0 Å². The highest BCUT2D eigenvalue weighted by atomic mass is 16.5. The van der Waals surface area contributed by atoms with Gasteiger partial charge in [-0.1, -0.05) is 67.9 Å². The molecule has 6 N–H and O–H groups in total. The molecule has 2 aromatic carbocycles. The number of esters is 1. The Morgan fingerprint density at radius 3 is 2.07 bits per heavy atom. The molecule has 16 nitrogen and oxygen atoms in total. The van der Waals surface area contributed by atoms with Gasteiger partial charge in [0.15, 0.2) is 0 Å². The molecule has 4 unspecified atom stereocenters. The summed E-state index contributed by atoms with van der Waals surface area (Å²) in [5, 5.41) is 16.7. The SMILES string of the molecule is CC.CC(C=O)NC(=O)C(CCO)N(C)C(=O)C1CCCN1C(=O)CCOC(=O)C1CCCN1C.Cc1ccccc1.NC(=O)CNC(=O)Nc1ccccc1. The highest BCUT2D eigenvalue weighted by molar-refractivity contribution is 5.93. The summed E-state index contributed by atoms with van der Waals surface area (Å²) >= 11 is 0. The van der Waals surface area contributed by atoms with Crippen LogP contribution >= 0.6 is 0 Å². The standard InChI is InChI=1S/C22H36N4O7.C9H11N3O2.C7H8.C2H6/c1-15(14-28)23-20(30)16(8-12-27)25(3)21(31)17-6-5-11-26(17)19(29)9-13-33-22(32)18-7-4-10-24(18)2;10-8(13)6-11-9(14)12-7-4-2-1-3-5-7;1-7-5-3-2-4-6-7;1-2/h14-18,27H,4-13H2,1-3H3,(H,23,30);1-5H,6H2,(H2,10,13)(H2,11,12,14);2-6H,1H3;1-2H3. The first-order chi connectivity index (χ1) is 26.8. The van der Waals surface area contributed by atoms with Crippen LogP contribution in [0.15, 0.2) is 60.7 Å². The molecule has 0 bridgehead atoms. The Morgan fingerprint density at radius 2 is 1.55 bits per heavy atom. The van der Waals surface area contributed by atoms with Crippen molar-refractivity contribution in [3.8, 4) is 0 Å². The number of hydrogen-bond donors (Lipinski definition) is 5. The predicted molar refractivity (Wildman–Crippen MR) is 213 cm³/mol. The molecule has 2 fully saturated rings. The lowest BCUT2D eigenvalue weighted by Gasteiger charge is -2.32. The van der Waals surface area contributed by atoms with Crippen LogP contribution in [0.4, 0.5) is 10.5 Å². The monoisotopic (exact) mass is 783 g/mol. The first kappa shape index (κ1) is 48.7. The number of nitrogens with two attached hydrogens (primary N) is 1. The Labute approximate surface area is 330 Å². The number of carbonyl (C=O) groups excluding carboxylic acids is 7. The van der Waals surface area contributed by atoms with Gasteiger partial charge in [-0.2, -0.15) is 0 Å². The molecule has 0 saturated carbocycles. The highest BCUT2D eigenvalue weighted by Gasteiger charge is 2.39. The first-order valence-electron chi connectivity index (χ1n) is 19.0. The molecule has 4 rings (SSSR count). The number of benzene rings is 2. The molecule has 16 heteroatoms. The molecule has 0 aromatic heterocycles. The van der Waals surface area contributed by atoms with Gasteiger partial charge in [0.25, 0.3) is 0 Å². The van der Waals surface area contributed by atoms with Crippen molar-refractivity contribution in [1.29, 1.82) is 0 Å². The Bertz CT molecular complexity index is 1510. The number of anilines is 1. The van der Waals surface area contributed by atoms with E-state index in [-0.39, 0.29) is 50.5 Å². The molecular weight excluding hydrogens is 722 g/mol. The zero-order chi connectivity index (χ0) is 42.0. The average Bonchev–Trinajstić information content (AvgIpc) is 3.87. The van der Waals surface area contributed by atoms with Crippen molar-refractivity contribution in [2.75, 3.05) is 52.3 Å². The fourth-order valence-corrected chi connectivity index (χ4v) is 5.77. The first-order valence-corrected chi connectivity index (χ1v) is 19.0. The third-order valence-electron chi connectivity index (χ3n) is 8.70. The summed E-state index contributed by atoms with van der Waals surface area (Å²) in [5.41, 5.74) is 6.84. The van der Waals surface area contributed by atoms with E-state index in [4.69, 9.17) is 10.5 Å². The van der Waals surface area contributed by atoms with Crippen LogP contribution in [0.3, 0.4) is 0 Å². The number of amides is 6. The van der Waals surface area contributed by atoms with Crippen molar-refractivity contribution in [2.24, 2.45) is 5.73 Å². The van der Waals surface area contributed by atoms with Crippen LogP contribution in [0.1, 0.15) is 64.9 Å². The highest BCUT2D eigenvalue weighted by Crippen LogP contribution is 2.22. The van der Waals surface area contributed by atoms with Gasteiger partial charge in [0.05, 0.1) is 19.0 Å². The smallest absolute Gasteiger partial charge is 0.323 e. The summed E-state index contributed by atoms with van der Waals surface area (Å²) < 4.78 is 5.29. The van der Waals surface area contributed by atoms with E-state index >= 15 is 0 Å². The number of aliphatic hydroxyl groups excluding tert-OH is 1. The lowest BCUT2D eigenvalue weighted by atomic mass is 10.1. The quantitative estimate of drug-likeness (QED) is 0.139. The number of nitrogens with zero attached hydrogens (tertiary/aromatic N) is 3. The van der Waals surface area contributed by atoms with E-state index in [9.17, 15) is 38.7 Å². The Balaban J connectivity index is 0.000000552. The predicted octanol–water partition coefficient (Wildman–Crippen LogP) is 2.23. The number of para-hydroxylation sites is 1. The maximum Gasteiger partial charge on any atom is 0.323 e. The summed E-state index contributed by atoms with van der Waals surface area (Å²) in [6.45, 7) is 8.30. The van der Waals surface area contributed by atoms with Crippen molar-refractivity contribution >= 4 is 47.6 Å². The molecule has 2 aliphatic rings. The van der Waals surface area contributed by atoms with Gasteiger partial charge in [-0.15, -0.1) is 0 Å². The number of nitrogens with one attached hydrogen (secondary N) is 3. The van der Waals surface area contributed by atoms with Crippen LogP contribution < -0.4 is 21.7 Å². The molecule has 6 amide bonds. The number of hydrogen-bond acceptors (Lipinski definition) is 10. The second-order valence-corrected chi connectivity index (χ2v) is 13.0. The number of likely N-dealkylation sites (N-methyl/N-ethyl adjacent to an activating group) is 2. The number of urea groups is 1. The maximum atomic E-state index is 13.1. The topological polar surface area (TPSA) is 221 Å². The van der Waals surface area contributed by atoms with Crippen LogP contribution in [0, 0.1) is 6.92 Å². The van der Waals surface area contributed by atoms with E-state index in [0.29, 0.717) is 31.4 Å². The molecule has 0 radical (unpaired) electrons. The lowest BCUT2D eigenvalue weighted by molar-refractivity contribution is -0.151. The largest absolute Gasteiger partial charge is 0.464 e. The van der Waals surface area contributed by atoms with Crippen LogP contribution in [0.5, 0.6) is 0 Å². The van der Waals surface area contributed by atoms with Crippen LogP contribution in [-0.4, -0.2) is 133 Å². The summed E-state index contributed by atoms with van der Waals surface area (Å²) in [5.74, 6) is -2.14. The fraction of sp³-hybridized carbons (Fsp3) is 0.525. The van der Waals surface area contributed by atoms with Crippen molar-refractivity contribution < 1.29 is 43.4 Å². The fourth-order valence-electron chi connectivity index (χ4n) is 5.77. The van der Waals surface area contributed by atoms with Gasteiger partial charge in [0.2, 0.25) is 23.6 Å². The van der Waals surface area contributed by atoms with Gasteiger partial charge < -0.3 is 46.1 Å². The number of aryl methyl sites for hydroxylation is 1. The molecule has 2 heterocycles. The van der Waals surface area contributed by atoms with E-state index in [1.54, 1.807) is 24.3 Å². The third kappa shape index (κ3) is 17.9. The van der Waals surface area contributed by atoms with Crippen LogP contribution in [-0.2, 0) is 33.5 Å². The number of carbonyl (C=O) groups is 7. The van der Waals surface area contributed by atoms with Crippen LogP contribution in [0.25, 0.3) is 0 Å². The van der Waals surface area contributed by atoms with Gasteiger partial charge in [-0.3, -0.25) is 28.9 Å². The number of rotatable bonds is 14. The van der Waals surface area contributed by atoms with Crippen molar-refractivity contribution in [1.82, 2.24) is 25.3 Å². The van der Waals surface area contributed by atoms with Crippen molar-refractivity contribution in [3.05, 3.63) is 66.2 Å². The zero-order valence-corrected chi connectivity index (χ0v) is 33.6. The Morgan fingerprint density at radius 1 is 0.964 bits per heavy atom. The van der Waals surface area contributed by atoms with Crippen LogP contribution in [0.2, 0.25) is 0 Å². The van der Waals surface area contributed by atoms with E-state index in [1.165, 1.54) is 29.3 Å². The van der Waals surface area contributed by atoms with Gasteiger partial charge in [-0.05, 0) is 71.7 Å². The normalized spacial score (nSPS) is 16.7. The number of aliphatic hydroxyl groups is 1. The minimum Gasteiger partial charge on any atom is -0.464 e. The summed E-state index contributed by atoms with van der Waals surface area (Å²) in [6, 6.07) is 16.0. The number of primary amides is 1.